The van der Waals surface area contributed by atoms with Crippen LogP contribution >= 0.6 is 11.3 Å². The molecule has 0 aliphatic carbocycles. The van der Waals surface area contributed by atoms with Crippen molar-refractivity contribution in [3.8, 4) is 22.1 Å². The molecule has 1 aliphatic heterocycles. The van der Waals surface area contributed by atoms with E-state index in [0.29, 0.717) is 0 Å². The van der Waals surface area contributed by atoms with Gasteiger partial charge in [-0.15, -0.1) is 11.3 Å². The molecule has 4 aromatic rings. The Balaban J connectivity index is 1.44. The summed E-state index contributed by atoms with van der Waals surface area (Å²) in [6.07, 6.45) is 0. The van der Waals surface area contributed by atoms with Crippen LogP contribution in [0.2, 0.25) is 0 Å². The number of imidazole rings is 1. The third kappa shape index (κ3) is 3.22. The molecule has 0 bridgehead atoms. The van der Waals surface area contributed by atoms with Crippen LogP contribution in [-0.4, -0.2) is 53.1 Å². The first-order valence-electron chi connectivity index (χ1n) is 9.21. The lowest BCUT2D eigenvalue weighted by atomic mass is 10.2. The summed E-state index contributed by atoms with van der Waals surface area (Å²) >= 11 is 1.62. The van der Waals surface area contributed by atoms with Crippen molar-refractivity contribution in [2.75, 3.05) is 38.1 Å². The fraction of sp³-hybridized carbons (Fsp3) is 0.238. The maximum atomic E-state index is 4.78. The van der Waals surface area contributed by atoms with Gasteiger partial charge in [-0.3, -0.25) is 0 Å². The highest BCUT2D eigenvalue weighted by molar-refractivity contribution is 7.13. The molecule has 5 rings (SSSR count). The van der Waals surface area contributed by atoms with Crippen LogP contribution in [0.3, 0.4) is 0 Å². The summed E-state index contributed by atoms with van der Waals surface area (Å²) in [7, 11) is 2.18. The molecule has 3 heterocycles. The van der Waals surface area contributed by atoms with Gasteiger partial charge in [0.05, 0.1) is 16.7 Å². The lowest BCUT2D eigenvalue weighted by molar-refractivity contribution is 0.313. The van der Waals surface area contributed by atoms with E-state index < -0.39 is 0 Å². The Kier molecular flexibility index (Phi) is 4.14. The smallest absolute Gasteiger partial charge is 0.167 e. The fourth-order valence-corrected chi connectivity index (χ4v) is 4.26. The monoisotopic (exact) mass is 375 g/mol. The van der Waals surface area contributed by atoms with Crippen molar-refractivity contribution in [2.24, 2.45) is 0 Å². The molecule has 136 valence electrons. The molecule has 2 aromatic heterocycles. The average Bonchev–Trinajstić information content (AvgIpc) is 3.36. The number of aromatic nitrogens is 3. The molecule has 1 fully saturated rings. The van der Waals surface area contributed by atoms with E-state index in [1.807, 2.05) is 18.2 Å². The van der Waals surface area contributed by atoms with Crippen LogP contribution in [0.25, 0.3) is 33.1 Å². The lowest BCUT2D eigenvalue weighted by Gasteiger charge is -2.34. The Labute approximate surface area is 162 Å². The van der Waals surface area contributed by atoms with Crippen LogP contribution in [0, 0.1) is 0 Å². The maximum Gasteiger partial charge on any atom is 0.167 e. The number of rotatable bonds is 3. The van der Waals surface area contributed by atoms with E-state index in [2.05, 4.69) is 57.5 Å². The highest BCUT2D eigenvalue weighted by Crippen LogP contribution is 2.29. The summed E-state index contributed by atoms with van der Waals surface area (Å²) in [4.78, 5) is 17.8. The van der Waals surface area contributed by atoms with Gasteiger partial charge in [-0.25, -0.2) is 9.97 Å². The fourth-order valence-electron chi connectivity index (χ4n) is 3.48. The molecule has 6 heteroatoms. The molecule has 5 nitrogen and oxygen atoms in total. The van der Waals surface area contributed by atoms with Gasteiger partial charge in [-0.2, -0.15) is 0 Å². The number of anilines is 1. The highest BCUT2D eigenvalue weighted by Gasteiger charge is 2.16. The molecular formula is C21H21N5S. The van der Waals surface area contributed by atoms with Gasteiger partial charge < -0.3 is 14.8 Å². The molecule has 0 amide bonds. The molecule has 1 N–H and O–H groups in total. The lowest BCUT2D eigenvalue weighted by Crippen LogP contribution is -2.44. The van der Waals surface area contributed by atoms with Crippen molar-refractivity contribution >= 4 is 28.1 Å². The number of hydrogen-bond donors (Lipinski definition) is 1. The number of H-pyrrole nitrogens is 1. The second-order valence-electron chi connectivity index (χ2n) is 6.98. The first-order valence-corrected chi connectivity index (χ1v) is 10.1. The predicted molar refractivity (Wildman–Crippen MR) is 112 cm³/mol. The summed E-state index contributed by atoms with van der Waals surface area (Å²) in [5.74, 6) is 0.840. The number of benzene rings is 2. The number of nitrogens with zero attached hydrogens (tertiary/aromatic N) is 4. The van der Waals surface area contributed by atoms with Gasteiger partial charge in [0.25, 0.3) is 0 Å². The van der Waals surface area contributed by atoms with Gasteiger partial charge >= 0.3 is 0 Å². The van der Waals surface area contributed by atoms with Crippen molar-refractivity contribution in [1.29, 1.82) is 0 Å². The summed E-state index contributed by atoms with van der Waals surface area (Å²) in [6, 6.07) is 16.8. The molecule has 1 aliphatic rings. The zero-order chi connectivity index (χ0) is 18.2. The summed E-state index contributed by atoms with van der Waals surface area (Å²) < 4.78 is 0. The number of thiazole rings is 1. The molecular weight excluding hydrogens is 354 g/mol. The first-order chi connectivity index (χ1) is 13.3. The van der Waals surface area contributed by atoms with Gasteiger partial charge in [-0.05, 0) is 25.2 Å². The van der Waals surface area contributed by atoms with Gasteiger partial charge in [0, 0.05) is 42.8 Å². The second-order valence-corrected chi connectivity index (χ2v) is 7.84. The molecule has 0 radical (unpaired) electrons. The van der Waals surface area contributed by atoms with Crippen LogP contribution < -0.4 is 4.90 Å². The minimum atomic E-state index is 0.840. The van der Waals surface area contributed by atoms with Crippen LogP contribution in [0.15, 0.2) is 53.9 Å². The summed E-state index contributed by atoms with van der Waals surface area (Å²) in [5.41, 5.74) is 5.44. The third-order valence-corrected chi connectivity index (χ3v) is 5.96. The predicted octanol–water partition coefficient (Wildman–Crippen LogP) is 4.11. The van der Waals surface area contributed by atoms with E-state index in [4.69, 9.17) is 9.97 Å². The molecule has 0 atom stereocenters. The number of hydrogen-bond acceptors (Lipinski definition) is 5. The van der Waals surface area contributed by atoms with Gasteiger partial charge in [-0.1, -0.05) is 30.3 Å². The summed E-state index contributed by atoms with van der Waals surface area (Å²) in [6.45, 7) is 4.34. The van der Waals surface area contributed by atoms with Gasteiger partial charge in [0.15, 0.2) is 10.8 Å². The van der Waals surface area contributed by atoms with E-state index >= 15 is 0 Å². The molecule has 0 spiro atoms. The number of nitrogens with one attached hydrogen (secondary N) is 1. The Morgan fingerprint density at radius 3 is 2.59 bits per heavy atom. The van der Waals surface area contributed by atoms with Crippen molar-refractivity contribution < 1.29 is 0 Å². The van der Waals surface area contributed by atoms with Crippen molar-refractivity contribution in [1.82, 2.24) is 19.9 Å². The molecule has 1 saturated heterocycles. The van der Waals surface area contributed by atoms with Crippen LogP contribution in [0.4, 0.5) is 5.69 Å². The Morgan fingerprint density at radius 1 is 0.963 bits per heavy atom. The van der Waals surface area contributed by atoms with Crippen molar-refractivity contribution in [3.63, 3.8) is 0 Å². The van der Waals surface area contributed by atoms with Crippen LogP contribution in [0.5, 0.6) is 0 Å². The number of likely N-dealkylation sites (N-methyl/N-ethyl adjacent to an activating group) is 1. The Morgan fingerprint density at radius 2 is 1.78 bits per heavy atom. The largest absolute Gasteiger partial charge is 0.369 e. The number of aromatic amines is 1. The molecule has 27 heavy (non-hydrogen) atoms. The molecule has 0 unspecified atom stereocenters. The normalized spacial score (nSPS) is 15.5. The summed E-state index contributed by atoms with van der Waals surface area (Å²) in [5, 5.41) is 3.01. The van der Waals surface area contributed by atoms with E-state index in [0.717, 1.165) is 59.3 Å². The number of piperazine rings is 1. The van der Waals surface area contributed by atoms with Gasteiger partial charge in [0.2, 0.25) is 0 Å². The molecule has 0 saturated carbocycles. The van der Waals surface area contributed by atoms with E-state index in [9.17, 15) is 0 Å². The zero-order valence-corrected chi connectivity index (χ0v) is 16.0. The SMILES string of the molecule is CN1CCN(c2ccc3nc(-c4nc(-c5ccccc5)cs4)[nH]c3c2)CC1. The van der Waals surface area contributed by atoms with E-state index in [-0.39, 0.29) is 0 Å². The van der Waals surface area contributed by atoms with Crippen molar-refractivity contribution in [2.45, 2.75) is 0 Å². The number of fused-ring (bicyclic) bond motifs is 1. The average molecular weight is 376 g/mol. The Hall–Kier alpha value is -2.70. The Bertz CT molecular complexity index is 1060. The quantitative estimate of drug-likeness (QED) is 0.586. The van der Waals surface area contributed by atoms with E-state index in [1.54, 1.807) is 11.3 Å². The highest BCUT2D eigenvalue weighted by atomic mass is 32.1. The minimum absolute atomic E-state index is 0.840. The molecule has 2 aromatic carbocycles. The standard InChI is InChI=1S/C21H21N5S/c1-25-9-11-26(12-10-25)16-7-8-17-18(13-16)23-20(22-17)21-24-19(14-27-21)15-5-3-2-4-6-15/h2-8,13-14H,9-12H2,1H3,(H,22,23). The topological polar surface area (TPSA) is 48.1 Å². The zero-order valence-electron chi connectivity index (χ0n) is 15.2. The maximum absolute atomic E-state index is 4.78. The van der Waals surface area contributed by atoms with Crippen LogP contribution in [0.1, 0.15) is 0 Å². The first kappa shape index (κ1) is 16.5. The van der Waals surface area contributed by atoms with Gasteiger partial charge in [0.1, 0.15) is 0 Å². The van der Waals surface area contributed by atoms with Crippen LogP contribution in [-0.2, 0) is 0 Å². The minimum Gasteiger partial charge on any atom is -0.369 e. The third-order valence-electron chi connectivity index (χ3n) is 5.11. The second kappa shape index (κ2) is 6.79. The van der Waals surface area contributed by atoms with Crippen molar-refractivity contribution in [3.05, 3.63) is 53.9 Å². The van der Waals surface area contributed by atoms with E-state index in [1.165, 1.54) is 5.69 Å².